The Morgan fingerprint density at radius 2 is 1.64 bits per heavy atom. The van der Waals surface area contributed by atoms with Crippen molar-refractivity contribution in [3.05, 3.63) is 48.0 Å². The first-order valence-corrected chi connectivity index (χ1v) is 10.1. The van der Waals surface area contributed by atoms with Gasteiger partial charge < -0.3 is 0 Å². The Morgan fingerprint density at radius 3 is 2.32 bits per heavy atom. The quantitative estimate of drug-likeness (QED) is 0.695. The minimum atomic E-state index is -4.32. The minimum absolute atomic E-state index is 0.0295. The number of hydrogen-bond acceptors (Lipinski definition) is 2. The summed E-state index contributed by atoms with van der Waals surface area (Å²) in [7, 11) is 0. The summed E-state index contributed by atoms with van der Waals surface area (Å²) in [6.45, 7) is 7.59. The molecule has 0 aliphatic carbocycles. The zero-order valence-corrected chi connectivity index (χ0v) is 16.0. The first-order valence-electron chi connectivity index (χ1n) is 8.42. The molecule has 1 heterocycles. The van der Waals surface area contributed by atoms with Gasteiger partial charge in [-0.25, -0.2) is 0 Å². The van der Waals surface area contributed by atoms with E-state index >= 15 is 0 Å². The topological polar surface area (TPSA) is 6.48 Å². The maximum absolute atomic E-state index is 13.2. The monoisotopic (exact) mass is 414 g/mol. The molecule has 0 radical (unpaired) electrons. The third-order valence-electron chi connectivity index (χ3n) is 4.49. The van der Waals surface area contributed by atoms with E-state index in [0.717, 1.165) is 29.8 Å². The Hall–Kier alpha value is -1.49. The van der Waals surface area contributed by atoms with Gasteiger partial charge in [-0.3, -0.25) is 0 Å². The molecule has 2 aromatic rings. The predicted molar refractivity (Wildman–Crippen MR) is 97.7 cm³/mol. The van der Waals surface area contributed by atoms with E-state index < -0.39 is 11.7 Å². The number of nitrogens with zero attached hydrogens (tertiary/aromatic N) is 2. The standard InChI is InChI=1S/C19H21F3N2Se/c1-3-23(4-2)11-12-24-15-7-5-6-8-17(15)25-18-10-9-14(13-16(18)24)19(20,21)22/h5-10,13H,3-4,11-12H2,1-2H3. The van der Waals surface area contributed by atoms with Crippen LogP contribution >= 0.6 is 0 Å². The molecule has 0 atom stereocenters. The summed E-state index contributed by atoms with van der Waals surface area (Å²) < 4.78 is 41.8. The molecule has 0 saturated carbocycles. The molecule has 0 N–H and O–H groups in total. The van der Waals surface area contributed by atoms with Crippen LogP contribution in [0.1, 0.15) is 19.4 Å². The second-order valence-corrected chi connectivity index (χ2v) is 8.20. The van der Waals surface area contributed by atoms with Gasteiger partial charge in [-0.2, -0.15) is 0 Å². The Labute approximate surface area is 152 Å². The van der Waals surface area contributed by atoms with E-state index in [1.165, 1.54) is 16.6 Å². The fourth-order valence-corrected chi connectivity index (χ4v) is 5.29. The number of alkyl halides is 3. The van der Waals surface area contributed by atoms with Gasteiger partial charge in [0, 0.05) is 0 Å². The van der Waals surface area contributed by atoms with E-state index in [0.29, 0.717) is 12.2 Å². The number of fused-ring (bicyclic) bond motifs is 2. The first kappa shape index (κ1) is 18.3. The molecule has 3 rings (SSSR count). The maximum atomic E-state index is 13.2. The van der Waals surface area contributed by atoms with Crippen LogP contribution in [0.15, 0.2) is 42.5 Å². The Morgan fingerprint density at radius 1 is 0.960 bits per heavy atom. The number of para-hydroxylation sites is 1. The molecule has 134 valence electrons. The molecule has 1 aliphatic rings. The van der Waals surface area contributed by atoms with Crippen molar-refractivity contribution in [2.75, 3.05) is 31.1 Å². The summed E-state index contributed by atoms with van der Waals surface area (Å²) in [5.41, 5.74) is 1.18. The molecule has 2 nitrogen and oxygen atoms in total. The van der Waals surface area contributed by atoms with Crippen molar-refractivity contribution in [1.29, 1.82) is 0 Å². The van der Waals surface area contributed by atoms with Crippen molar-refractivity contribution < 1.29 is 13.2 Å². The molecule has 0 bridgehead atoms. The van der Waals surface area contributed by atoms with Gasteiger partial charge in [0.2, 0.25) is 0 Å². The zero-order chi connectivity index (χ0) is 18.0. The Kier molecular flexibility index (Phi) is 5.42. The van der Waals surface area contributed by atoms with Crippen LogP contribution in [-0.4, -0.2) is 46.0 Å². The van der Waals surface area contributed by atoms with Crippen molar-refractivity contribution in [1.82, 2.24) is 4.90 Å². The van der Waals surface area contributed by atoms with Gasteiger partial charge in [0.1, 0.15) is 0 Å². The molecule has 0 unspecified atom stereocenters. The first-order chi connectivity index (χ1) is 11.9. The summed E-state index contributed by atoms with van der Waals surface area (Å²) in [6.07, 6.45) is -4.32. The predicted octanol–water partition coefficient (Wildman–Crippen LogP) is 3.15. The number of rotatable bonds is 5. The molecule has 25 heavy (non-hydrogen) atoms. The average Bonchev–Trinajstić information content (AvgIpc) is 2.60. The Balaban J connectivity index is 2.00. The van der Waals surface area contributed by atoms with Gasteiger partial charge >= 0.3 is 152 Å². The fourth-order valence-electron chi connectivity index (χ4n) is 3.03. The number of hydrogen-bond donors (Lipinski definition) is 0. The van der Waals surface area contributed by atoms with Gasteiger partial charge in [0.25, 0.3) is 0 Å². The van der Waals surface area contributed by atoms with E-state index in [4.69, 9.17) is 0 Å². The number of likely N-dealkylation sites (N-methyl/N-ethyl adjacent to an activating group) is 1. The van der Waals surface area contributed by atoms with Crippen molar-refractivity contribution in [2.45, 2.75) is 20.0 Å². The van der Waals surface area contributed by atoms with Crippen LogP contribution < -0.4 is 13.8 Å². The fraction of sp³-hybridized carbons (Fsp3) is 0.368. The SMILES string of the molecule is CCN(CC)CCN1c2ccccc2[Se]c2ccc(C(F)(F)F)cc21. The van der Waals surface area contributed by atoms with Crippen LogP contribution in [0.2, 0.25) is 0 Å². The van der Waals surface area contributed by atoms with Crippen LogP contribution in [0.4, 0.5) is 24.5 Å². The van der Waals surface area contributed by atoms with Gasteiger partial charge in [-0.1, -0.05) is 0 Å². The van der Waals surface area contributed by atoms with Gasteiger partial charge in [-0.05, 0) is 0 Å². The second-order valence-electron chi connectivity index (χ2n) is 5.93. The normalized spacial score (nSPS) is 13.8. The number of anilines is 2. The summed E-state index contributed by atoms with van der Waals surface area (Å²) in [6, 6.07) is 12.2. The number of benzene rings is 2. The van der Waals surface area contributed by atoms with Gasteiger partial charge in [0.05, 0.1) is 0 Å². The molecule has 6 heteroatoms. The van der Waals surface area contributed by atoms with E-state index in [-0.39, 0.29) is 15.0 Å². The van der Waals surface area contributed by atoms with E-state index in [1.54, 1.807) is 6.07 Å². The zero-order valence-electron chi connectivity index (χ0n) is 14.3. The molecular weight excluding hydrogens is 392 g/mol. The molecule has 0 aromatic heterocycles. The third-order valence-corrected chi connectivity index (χ3v) is 6.86. The van der Waals surface area contributed by atoms with Crippen LogP contribution in [-0.2, 0) is 6.18 Å². The van der Waals surface area contributed by atoms with Crippen LogP contribution in [0, 0.1) is 0 Å². The van der Waals surface area contributed by atoms with Gasteiger partial charge in [0.15, 0.2) is 0 Å². The Bertz CT molecular complexity index is 742. The second kappa shape index (κ2) is 7.40. The molecule has 0 saturated heterocycles. The third kappa shape index (κ3) is 3.86. The molecule has 2 aromatic carbocycles. The van der Waals surface area contributed by atoms with E-state index in [9.17, 15) is 13.2 Å². The van der Waals surface area contributed by atoms with Gasteiger partial charge in [-0.15, -0.1) is 0 Å². The molecule has 1 aliphatic heterocycles. The summed E-state index contributed by atoms with van der Waals surface area (Å²) in [5, 5.41) is 0. The average molecular weight is 413 g/mol. The van der Waals surface area contributed by atoms with Crippen molar-refractivity contribution in [3.63, 3.8) is 0 Å². The summed E-state index contributed by atoms with van der Waals surface area (Å²) in [5.74, 6) is 0. The molecule has 0 fully saturated rings. The van der Waals surface area contributed by atoms with Crippen molar-refractivity contribution in [3.8, 4) is 0 Å². The van der Waals surface area contributed by atoms with Crippen LogP contribution in [0.25, 0.3) is 0 Å². The number of halogens is 3. The molecule has 0 spiro atoms. The van der Waals surface area contributed by atoms with Crippen molar-refractivity contribution >= 4 is 35.3 Å². The van der Waals surface area contributed by atoms with Crippen molar-refractivity contribution in [2.24, 2.45) is 0 Å². The summed E-state index contributed by atoms with van der Waals surface area (Å²) in [4.78, 5) is 4.35. The summed E-state index contributed by atoms with van der Waals surface area (Å²) >= 11 is 0.0295. The van der Waals surface area contributed by atoms with E-state index in [2.05, 4.69) is 29.7 Å². The van der Waals surface area contributed by atoms with Crippen LogP contribution in [0.3, 0.4) is 0 Å². The molecular formula is C19H21F3N2Se. The van der Waals surface area contributed by atoms with Crippen LogP contribution in [0.5, 0.6) is 0 Å². The van der Waals surface area contributed by atoms with E-state index in [1.807, 2.05) is 18.2 Å². The molecule has 0 amide bonds.